The second-order valence-corrected chi connectivity index (χ2v) is 20.6. The number of unbranched alkanes of at least 4 members (excludes halogenated alkanes) is 25. The van der Waals surface area contributed by atoms with Crippen molar-refractivity contribution < 1.29 is 28.6 Å². The van der Waals surface area contributed by atoms with Gasteiger partial charge < -0.3 is 14.2 Å². The largest absolute Gasteiger partial charge is 0.462 e. The van der Waals surface area contributed by atoms with E-state index in [2.05, 4.69) is 142 Å². The molecular formula is C70H116O6. The normalized spacial score (nSPS) is 12.9. The molecule has 0 heterocycles. The Labute approximate surface area is 469 Å². The van der Waals surface area contributed by atoms with E-state index in [1.807, 2.05) is 0 Å². The lowest BCUT2D eigenvalue weighted by Gasteiger charge is -2.18. The van der Waals surface area contributed by atoms with Crippen molar-refractivity contribution in [3.8, 4) is 0 Å². The number of carbonyl (C=O) groups is 3. The number of rotatable bonds is 56. The first kappa shape index (κ1) is 71.8. The summed E-state index contributed by atoms with van der Waals surface area (Å²) >= 11 is 0. The van der Waals surface area contributed by atoms with E-state index in [-0.39, 0.29) is 31.1 Å². The zero-order valence-electron chi connectivity index (χ0n) is 49.5. The van der Waals surface area contributed by atoms with Gasteiger partial charge in [-0.15, -0.1) is 0 Å². The van der Waals surface area contributed by atoms with Gasteiger partial charge in [-0.1, -0.05) is 251 Å². The fraction of sp³-hybridized carbons (Fsp3) is 0.671. The fourth-order valence-electron chi connectivity index (χ4n) is 8.45. The molecule has 0 spiro atoms. The van der Waals surface area contributed by atoms with Gasteiger partial charge in [-0.2, -0.15) is 0 Å². The molecule has 0 saturated heterocycles. The lowest BCUT2D eigenvalue weighted by Crippen LogP contribution is -2.30. The molecule has 0 radical (unpaired) electrons. The molecule has 0 fully saturated rings. The fourth-order valence-corrected chi connectivity index (χ4v) is 8.45. The van der Waals surface area contributed by atoms with Crippen molar-refractivity contribution in [2.45, 2.75) is 290 Å². The predicted octanol–water partition coefficient (Wildman–Crippen LogP) is 21.6. The molecule has 0 aromatic carbocycles. The van der Waals surface area contributed by atoms with Crippen molar-refractivity contribution in [2.75, 3.05) is 13.2 Å². The summed E-state index contributed by atoms with van der Waals surface area (Å²) in [5.41, 5.74) is 0. The molecule has 6 nitrogen and oxygen atoms in total. The van der Waals surface area contributed by atoms with Crippen LogP contribution in [-0.2, 0) is 28.6 Å². The first-order valence-corrected chi connectivity index (χ1v) is 31.5. The van der Waals surface area contributed by atoms with Crippen LogP contribution in [0.1, 0.15) is 284 Å². The van der Waals surface area contributed by atoms with Gasteiger partial charge in [0.05, 0.1) is 0 Å². The summed E-state index contributed by atoms with van der Waals surface area (Å²) < 4.78 is 16.9. The van der Waals surface area contributed by atoms with E-state index >= 15 is 0 Å². The van der Waals surface area contributed by atoms with Crippen LogP contribution in [-0.4, -0.2) is 37.2 Å². The third-order valence-electron chi connectivity index (χ3n) is 13.2. The highest BCUT2D eigenvalue weighted by atomic mass is 16.6. The van der Waals surface area contributed by atoms with E-state index in [4.69, 9.17) is 14.2 Å². The molecule has 1 atom stereocenters. The number of esters is 3. The van der Waals surface area contributed by atoms with E-state index in [1.54, 1.807) is 0 Å². The van der Waals surface area contributed by atoms with E-state index in [1.165, 1.54) is 96.3 Å². The average Bonchev–Trinajstić information content (AvgIpc) is 3.42. The Morgan fingerprint density at radius 2 is 0.513 bits per heavy atom. The topological polar surface area (TPSA) is 78.9 Å². The summed E-state index contributed by atoms with van der Waals surface area (Å²) in [6, 6.07) is 0. The van der Waals surface area contributed by atoms with Crippen LogP contribution in [0.2, 0.25) is 0 Å². The van der Waals surface area contributed by atoms with Gasteiger partial charge in [0.25, 0.3) is 0 Å². The Balaban J connectivity index is 4.40. The number of hydrogen-bond acceptors (Lipinski definition) is 6. The van der Waals surface area contributed by atoms with E-state index in [9.17, 15) is 14.4 Å². The van der Waals surface area contributed by atoms with Crippen molar-refractivity contribution >= 4 is 17.9 Å². The summed E-state index contributed by atoms with van der Waals surface area (Å²) in [4.78, 5) is 38.3. The standard InChI is InChI=1S/C70H116O6/c1-4-7-10-13-16-19-22-25-27-29-31-33-34-35-36-38-39-41-43-45-48-51-54-57-60-63-69(72)75-66-67(65-74-68(71)62-59-56-53-50-47-24-21-18-15-12-9-6-3)76-70(73)64-61-58-55-52-49-46-44-42-40-37-32-30-28-26-23-20-17-14-11-8-5-2/h7,10,16,18-19,21,23,25-27,30-33,35-36,39-42,67H,4-6,8-9,11-15,17,20,22,24,28-29,34,37-38,43-66H2,1-3H3/b10-7-,19-16-,21-18-,26-23-,27-25-,32-30-,33-31-,36-35-,41-39-,42-40-. The second kappa shape index (κ2) is 63.3. The van der Waals surface area contributed by atoms with Crippen LogP contribution >= 0.6 is 0 Å². The molecule has 0 aliphatic heterocycles. The Hall–Kier alpha value is -4.19. The Bertz CT molecular complexity index is 1590. The summed E-state index contributed by atoms with van der Waals surface area (Å²) in [5, 5.41) is 0. The third-order valence-corrected chi connectivity index (χ3v) is 13.2. The molecule has 0 rings (SSSR count). The molecule has 1 unspecified atom stereocenters. The molecule has 0 amide bonds. The second-order valence-electron chi connectivity index (χ2n) is 20.6. The highest BCUT2D eigenvalue weighted by Gasteiger charge is 2.19. The summed E-state index contributed by atoms with van der Waals surface area (Å²) in [6.07, 6.45) is 87.6. The van der Waals surface area contributed by atoms with E-state index < -0.39 is 6.10 Å². The molecular weight excluding hydrogens is 937 g/mol. The maximum atomic E-state index is 12.9. The molecule has 0 saturated carbocycles. The van der Waals surface area contributed by atoms with Crippen LogP contribution in [0.3, 0.4) is 0 Å². The zero-order chi connectivity index (χ0) is 55.0. The maximum Gasteiger partial charge on any atom is 0.306 e. The molecule has 0 aromatic rings. The van der Waals surface area contributed by atoms with Crippen molar-refractivity contribution in [1.82, 2.24) is 0 Å². The van der Waals surface area contributed by atoms with Crippen molar-refractivity contribution in [1.29, 1.82) is 0 Å². The molecule has 0 N–H and O–H groups in total. The van der Waals surface area contributed by atoms with Crippen LogP contribution in [0, 0.1) is 0 Å². The van der Waals surface area contributed by atoms with Crippen LogP contribution in [0.25, 0.3) is 0 Å². The maximum absolute atomic E-state index is 12.9. The Morgan fingerprint density at radius 3 is 0.842 bits per heavy atom. The van der Waals surface area contributed by atoms with Gasteiger partial charge in [-0.3, -0.25) is 14.4 Å². The number of carbonyl (C=O) groups excluding carboxylic acids is 3. The highest BCUT2D eigenvalue weighted by molar-refractivity contribution is 5.71. The van der Waals surface area contributed by atoms with Crippen LogP contribution in [0.15, 0.2) is 122 Å². The van der Waals surface area contributed by atoms with Crippen molar-refractivity contribution in [3.05, 3.63) is 122 Å². The molecule has 0 bridgehead atoms. The van der Waals surface area contributed by atoms with Gasteiger partial charge in [-0.05, 0) is 135 Å². The average molecular weight is 1050 g/mol. The minimum Gasteiger partial charge on any atom is -0.462 e. The van der Waals surface area contributed by atoms with E-state index in [0.717, 1.165) is 148 Å². The summed E-state index contributed by atoms with van der Waals surface area (Å²) in [5.74, 6) is -0.929. The molecule has 76 heavy (non-hydrogen) atoms. The first-order valence-electron chi connectivity index (χ1n) is 31.5. The van der Waals surface area contributed by atoms with Crippen LogP contribution in [0.5, 0.6) is 0 Å². The van der Waals surface area contributed by atoms with Gasteiger partial charge >= 0.3 is 17.9 Å². The number of ether oxygens (including phenoxy) is 3. The van der Waals surface area contributed by atoms with Crippen LogP contribution < -0.4 is 0 Å². The lowest BCUT2D eigenvalue weighted by molar-refractivity contribution is -0.167. The molecule has 6 heteroatoms. The van der Waals surface area contributed by atoms with Gasteiger partial charge in [0, 0.05) is 19.3 Å². The Kier molecular flexibility index (Phi) is 59.9. The van der Waals surface area contributed by atoms with Gasteiger partial charge in [0.15, 0.2) is 6.10 Å². The minimum atomic E-state index is -0.799. The van der Waals surface area contributed by atoms with E-state index in [0.29, 0.717) is 19.3 Å². The summed E-state index contributed by atoms with van der Waals surface area (Å²) in [6.45, 7) is 6.47. The van der Waals surface area contributed by atoms with Gasteiger partial charge in [0.1, 0.15) is 13.2 Å². The Morgan fingerprint density at radius 1 is 0.276 bits per heavy atom. The molecule has 0 aliphatic carbocycles. The molecule has 432 valence electrons. The zero-order valence-corrected chi connectivity index (χ0v) is 49.5. The van der Waals surface area contributed by atoms with Crippen molar-refractivity contribution in [2.24, 2.45) is 0 Å². The summed E-state index contributed by atoms with van der Waals surface area (Å²) in [7, 11) is 0. The predicted molar refractivity (Wildman–Crippen MR) is 330 cm³/mol. The SMILES string of the molecule is CC/C=C\C/C=C\C/C=C\C/C=C\C/C=C\C/C=C\CCCCCCCCC(=O)OCC(COC(=O)CCCCCCC/C=C\CCCCC)OC(=O)CCCCCCCC/C=C\C/C=C\C/C=C\CCCCCCC. The number of allylic oxidation sites excluding steroid dienone is 20. The minimum absolute atomic E-state index is 0.0948. The monoisotopic (exact) mass is 1050 g/mol. The van der Waals surface area contributed by atoms with Gasteiger partial charge in [-0.25, -0.2) is 0 Å². The van der Waals surface area contributed by atoms with Crippen molar-refractivity contribution in [3.63, 3.8) is 0 Å². The van der Waals surface area contributed by atoms with Crippen LogP contribution in [0.4, 0.5) is 0 Å². The molecule has 0 aromatic heterocycles. The quantitative estimate of drug-likeness (QED) is 0.0261. The lowest BCUT2D eigenvalue weighted by atomic mass is 10.1. The third kappa shape index (κ3) is 60.7. The highest BCUT2D eigenvalue weighted by Crippen LogP contribution is 2.14. The number of hydrogen-bond donors (Lipinski definition) is 0. The smallest absolute Gasteiger partial charge is 0.306 e. The van der Waals surface area contributed by atoms with Gasteiger partial charge in [0.2, 0.25) is 0 Å². The molecule has 0 aliphatic rings. The first-order chi connectivity index (χ1) is 37.5.